The molecular formula is C19H25NO. The van der Waals surface area contributed by atoms with Crippen molar-refractivity contribution in [1.82, 2.24) is 4.90 Å². The minimum Gasteiger partial charge on any atom is -0.333 e. The second-order valence-corrected chi connectivity index (χ2v) is 6.53. The molecule has 1 saturated carbocycles. The Hall–Kier alpha value is -1.57. The average Bonchev–Trinajstić information content (AvgIpc) is 2.53. The molecule has 1 amide bonds. The summed E-state index contributed by atoms with van der Waals surface area (Å²) in [5.41, 5.74) is 1.09. The summed E-state index contributed by atoms with van der Waals surface area (Å²) in [6.45, 7) is 2.21. The van der Waals surface area contributed by atoms with Gasteiger partial charge in [-0.2, -0.15) is 0 Å². The fourth-order valence-electron chi connectivity index (χ4n) is 4.01. The summed E-state index contributed by atoms with van der Waals surface area (Å²) in [4.78, 5) is 14.8. The van der Waals surface area contributed by atoms with Crippen molar-refractivity contribution in [2.45, 2.75) is 57.5 Å². The SMILES string of the molecule is C[C@@H]1CC[C@@H]2CCCC[C@H]2N1C(=O)/C=C/c1ccccc1. The van der Waals surface area contributed by atoms with Gasteiger partial charge in [0.1, 0.15) is 0 Å². The van der Waals surface area contributed by atoms with Gasteiger partial charge >= 0.3 is 0 Å². The Bertz CT molecular complexity index is 508. The number of carbonyl (C=O) groups is 1. The molecule has 2 fully saturated rings. The van der Waals surface area contributed by atoms with Crippen molar-refractivity contribution in [3.8, 4) is 0 Å². The molecule has 1 aromatic carbocycles. The molecule has 0 bridgehead atoms. The van der Waals surface area contributed by atoms with E-state index in [1.807, 2.05) is 36.4 Å². The highest BCUT2D eigenvalue weighted by atomic mass is 16.2. The van der Waals surface area contributed by atoms with E-state index in [2.05, 4.69) is 11.8 Å². The van der Waals surface area contributed by atoms with E-state index in [-0.39, 0.29) is 5.91 Å². The van der Waals surface area contributed by atoms with Gasteiger partial charge in [0, 0.05) is 18.2 Å². The third kappa shape index (κ3) is 3.20. The minimum atomic E-state index is 0.197. The van der Waals surface area contributed by atoms with Gasteiger partial charge in [-0.05, 0) is 50.2 Å². The zero-order chi connectivity index (χ0) is 14.7. The molecule has 0 unspecified atom stereocenters. The normalized spacial score (nSPS) is 29.4. The van der Waals surface area contributed by atoms with Gasteiger partial charge in [-0.1, -0.05) is 43.2 Å². The molecule has 112 valence electrons. The Labute approximate surface area is 127 Å². The Morgan fingerprint density at radius 3 is 2.67 bits per heavy atom. The Morgan fingerprint density at radius 1 is 1.10 bits per heavy atom. The van der Waals surface area contributed by atoms with Crippen LogP contribution in [0.5, 0.6) is 0 Å². The van der Waals surface area contributed by atoms with Gasteiger partial charge in [0.15, 0.2) is 0 Å². The number of rotatable bonds is 2. The lowest BCUT2D eigenvalue weighted by Gasteiger charge is -2.47. The molecular weight excluding hydrogens is 258 g/mol. The van der Waals surface area contributed by atoms with E-state index in [4.69, 9.17) is 0 Å². The molecule has 1 heterocycles. The summed E-state index contributed by atoms with van der Waals surface area (Å²) in [5.74, 6) is 0.937. The van der Waals surface area contributed by atoms with Crippen molar-refractivity contribution >= 4 is 12.0 Å². The monoisotopic (exact) mass is 283 g/mol. The van der Waals surface area contributed by atoms with Crippen molar-refractivity contribution in [2.75, 3.05) is 0 Å². The van der Waals surface area contributed by atoms with Crippen molar-refractivity contribution in [2.24, 2.45) is 5.92 Å². The highest BCUT2D eigenvalue weighted by Crippen LogP contribution is 2.37. The van der Waals surface area contributed by atoms with Crippen LogP contribution in [0.15, 0.2) is 36.4 Å². The number of nitrogens with zero attached hydrogens (tertiary/aromatic N) is 1. The van der Waals surface area contributed by atoms with Crippen LogP contribution in [0, 0.1) is 5.92 Å². The molecule has 0 N–H and O–H groups in total. The zero-order valence-electron chi connectivity index (χ0n) is 12.9. The average molecular weight is 283 g/mol. The summed E-state index contributed by atoms with van der Waals surface area (Å²) in [7, 11) is 0. The van der Waals surface area contributed by atoms with Gasteiger partial charge in [0.05, 0.1) is 0 Å². The molecule has 0 radical (unpaired) electrons. The lowest BCUT2D eigenvalue weighted by Crippen LogP contribution is -2.53. The first-order valence-corrected chi connectivity index (χ1v) is 8.31. The summed E-state index contributed by atoms with van der Waals surface area (Å²) < 4.78 is 0. The van der Waals surface area contributed by atoms with E-state index in [9.17, 15) is 4.79 Å². The van der Waals surface area contributed by atoms with Crippen LogP contribution < -0.4 is 0 Å². The van der Waals surface area contributed by atoms with Crippen molar-refractivity contribution in [1.29, 1.82) is 0 Å². The smallest absolute Gasteiger partial charge is 0.247 e. The van der Waals surface area contributed by atoms with Gasteiger partial charge < -0.3 is 4.90 Å². The van der Waals surface area contributed by atoms with Crippen LogP contribution in [-0.2, 0) is 4.79 Å². The number of hydrogen-bond donors (Lipinski definition) is 0. The van der Waals surface area contributed by atoms with E-state index >= 15 is 0 Å². The second-order valence-electron chi connectivity index (χ2n) is 6.53. The summed E-state index contributed by atoms with van der Waals surface area (Å²) in [6.07, 6.45) is 11.3. The van der Waals surface area contributed by atoms with E-state index in [1.54, 1.807) is 6.08 Å². The predicted octanol–water partition coefficient (Wildman–Crippen LogP) is 4.27. The minimum absolute atomic E-state index is 0.197. The Balaban J connectivity index is 1.73. The number of piperidine rings is 1. The maximum atomic E-state index is 12.7. The van der Waals surface area contributed by atoms with Crippen molar-refractivity contribution in [3.63, 3.8) is 0 Å². The van der Waals surface area contributed by atoms with Crippen LogP contribution in [-0.4, -0.2) is 22.9 Å². The van der Waals surface area contributed by atoms with Gasteiger partial charge in [0.2, 0.25) is 5.91 Å². The van der Waals surface area contributed by atoms with Gasteiger partial charge in [-0.3, -0.25) is 4.79 Å². The number of carbonyl (C=O) groups excluding carboxylic acids is 1. The van der Waals surface area contributed by atoms with E-state index in [0.717, 1.165) is 17.9 Å². The standard InChI is InChI=1S/C19H25NO/c1-15-11-13-17-9-5-6-10-18(17)20(15)19(21)14-12-16-7-3-2-4-8-16/h2-4,7-8,12,14-15,17-18H,5-6,9-11,13H2,1H3/b14-12+/t15-,17+,18-/m1/s1. The topological polar surface area (TPSA) is 20.3 Å². The van der Waals surface area contributed by atoms with E-state index in [1.165, 1.54) is 32.1 Å². The van der Waals surface area contributed by atoms with Crippen LogP contribution in [0.3, 0.4) is 0 Å². The quantitative estimate of drug-likeness (QED) is 0.742. The molecule has 1 saturated heterocycles. The maximum absolute atomic E-state index is 12.7. The molecule has 1 aliphatic carbocycles. The molecule has 1 aromatic rings. The molecule has 2 aliphatic rings. The van der Waals surface area contributed by atoms with Crippen LogP contribution in [0.2, 0.25) is 0 Å². The molecule has 21 heavy (non-hydrogen) atoms. The highest BCUT2D eigenvalue weighted by molar-refractivity contribution is 5.92. The summed E-state index contributed by atoms with van der Waals surface area (Å²) in [5, 5.41) is 0. The second kappa shape index (κ2) is 6.46. The Kier molecular flexibility index (Phi) is 4.42. The van der Waals surface area contributed by atoms with E-state index in [0.29, 0.717) is 12.1 Å². The molecule has 3 rings (SSSR count). The largest absolute Gasteiger partial charge is 0.333 e. The fourth-order valence-corrected chi connectivity index (χ4v) is 4.01. The first-order valence-electron chi connectivity index (χ1n) is 8.31. The summed E-state index contributed by atoms with van der Waals surface area (Å²) in [6, 6.07) is 10.9. The number of fused-ring (bicyclic) bond motifs is 1. The molecule has 0 spiro atoms. The maximum Gasteiger partial charge on any atom is 0.247 e. The van der Waals surface area contributed by atoms with Crippen LogP contribution in [0.4, 0.5) is 0 Å². The molecule has 3 atom stereocenters. The van der Waals surface area contributed by atoms with Crippen molar-refractivity contribution in [3.05, 3.63) is 42.0 Å². The van der Waals surface area contributed by atoms with Gasteiger partial charge in [0.25, 0.3) is 0 Å². The van der Waals surface area contributed by atoms with Crippen molar-refractivity contribution < 1.29 is 4.79 Å². The molecule has 2 heteroatoms. The first-order chi connectivity index (χ1) is 10.3. The van der Waals surface area contributed by atoms with Crippen LogP contribution in [0.25, 0.3) is 6.08 Å². The zero-order valence-corrected chi connectivity index (χ0v) is 12.9. The fraction of sp³-hybridized carbons (Fsp3) is 0.526. The highest BCUT2D eigenvalue weighted by Gasteiger charge is 2.38. The van der Waals surface area contributed by atoms with Gasteiger partial charge in [-0.25, -0.2) is 0 Å². The number of hydrogen-bond acceptors (Lipinski definition) is 1. The third-order valence-corrected chi connectivity index (χ3v) is 5.13. The number of likely N-dealkylation sites (tertiary alicyclic amines) is 1. The number of amides is 1. The molecule has 1 aliphatic heterocycles. The predicted molar refractivity (Wildman–Crippen MR) is 86.8 cm³/mol. The lowest BCUT2D eigenvalue weighted by molar-refractivity contribution is -0.135. The summed E-state index contributed by atoms with van der Waals surface area (Å²) >= 11 is 0. The molecule has 2 nitrogen and oxygen atoms in total. The third-order valence-electron chi connectivity index (χ3n) is 5.13. The lowest BCUT2D eigenvalue weighted by atomic mass is 9.76. The van der Waals surface area contributed by atoms with Gasteiger partial charge in [-0.15, -0.1) is 0 Å². The number of benzene rings is 1. The van der Waals surface area contributed by atoms with E-state index < -0.39 is 0 Å². The first kappa shape index (κ1) is 14.4. The Morgan fingerprint density at radius 2 is 1.86 bits per heavy atom. The van der Waals surface area contributed by atoms with Crippen LogP contribution >= 0.6 is 0 Å². The van der Waals surface area contributed by atoms with Crippen LogP contribution in [0.1, 0.15) is 51.0 Å². The molecule has 0 aromatic heterocycles.